The van der Waals surface area contributed by atoms with Crippen molar-refractivity contribution in [2.45, 2.75) is 17.4 Å². The number of thioether (sulfide) groups is 1. The summed E-state index contributed by atoms with van der Waals surface area (Å²) in [7, 11) is 0. The molecule has 0 fully saturated rings. The van der Waals surface area contributed by atoms with Crippen LogP contribution in [0.5, 0.6) is 0 Å². The highest BCUT2D eigenvalue weighted by Gasteiger charge is 2.19. The molecule has 0 aliphatic heterocycles. The van der Waals surface area contributed by atoms with Crippen LogP contribution in [0.4, 0.5) is 0 Å². The lowest BCUT2D eigenvalue weighted by Gasteiger charge is -2.17. The fraction of sp³-hybridized carbons (Fsp3) is 0.143. The highest BCUT2D eigenvalue weighted by Crippen LogP contribution is 2.27. The predicted molar refractivity (Wildman–Crippen MR) is 139 cm³/mol. The van der Waals surface area contributed by atoms with Gasteiger partial charge in [-0.25, -0.2) is 4.98 Å². The number of aliphatic hydroxyl groups excluding tert-OH is 1. The van der Waals surface area contributed by atoms with Crippen molar-refractivity contribution in [2.75, 3.05) is 12.9 Å². The molecule has 1 amide bonds. The van der Waals surface area contributed by atoms with Gasteiger partial charge in [0, 0.05) is 32.9 Å². The summed E-state index contributed by atoms with van der Waals surface area (Å²) in [6, 6.07) is 25.3. The standard InChI is InChI=1S/C28H25N3O2S/c1-34-21-12-10-18(11-13-21)27-15-24(23-7-3-5-9-26(23)31-27)28(33)30-20(17-32)14-19-16-29-25-8-4-2-6-22(19)25/h2-13,15-16,20,29,32H,14,17H2,1H3,(H,30,33)/t20-/m1/s1. The summed E-state index contributed by atoms with van der Waals surface area (Å²) in [5, 5.41) is 15.0. The van der Waals surface area contributed by atoms with E-state index in [2.05, 4.69) is 22.4 Å². The summed E-state index contributed by atoms with van der Waals surface area (Å²) in [4.78, 5) is 22.7. The van der Waals surface area contributed by atoms with E-state index in [1.54, 1.807) is 11.8 Å². The number of benzene rings is 3. The third-order valence-electron chi connectivity index (χ3n) is 6.04. The Kier molecular flexibility index (Phi) is 6.34. The first kappa shape index (κ1) is 22.2. The van der Waals surface area contributed by atoms with Crippen LogP contribution in [0, 0.1) is 0 Å². The Balaban J connectivity index is 1.46. The number of H-pyrrole nitrogens is 1. The molecule has 0 unspecified atom stereocenters. The van der Waals surface area contributed by atoms with E-state index >= 15 is 0 Å². The van der Waals surface area contributed by atoms with Crippen LogP contribution in [0.2, 0.25) is 0 Å². The minimum Gasteiger partial charge on any atom is -0.394 e. The molecule has 2 heterocycles. The molecule has 5 nitrogen and oxygen atoms in total. The Morgan fingerprint density at radius 3 is 2.53 bits per heavy atom. The smallest absolute Gasteiger partial charge is 0.252 e. The van der Waals surface area contributed by atoms with Gasteiger partial charge in [0.2, 0.25) is 0 Å². The topological polar surface area (TPSA) is 78.0 Å². The zero-order valence-corrected chi connectivity index (χ0v) is 19.6. The molecule has 0 aliphatic carbocycles. The Morgan fingerprint density at radius 1 is 1.03 bits per heavy atom. The molecule has 170 valence electrons. The summed E-state index contributed by atoms with van der Waals surface area (Å²) in [5.41, 5.74) is 5.11. The third kappa shape index (κ3) is 4.42. The van der Waals surface area contributed by atoms with Crippen LogP contribution in [0.3, 0.4) is 0 Å². The number of rotatable bonds is 7. The number of hydrogen-bond acceptors (Lipinski definition) is 4. The van der Waals surface area contributed by atoms with Gasteiger partial charge in [-0.1, -0.05) is 48.5 Å². The molecule has 0 spiro atoms. The van der Waals surface area contributed by atoms with Gasteiger partial charge in [-0.15, -0.1) is 11.8 Å². The molecule has 6 heteroatoms. The second-order valence-corrected chi connectivity index (χ2v) is 9.10. The molecule has 0 saturated carbocycles. The molecular formula is C28H25N3O2S. The second-order valence-electron chi connectivity index (χ2n) is 8.22. The molecule has 5 rings (SSSR count). The van der Waals surface area contributed by atoms with Gasteiger partial charge < -0.3 is 15.4 Å². The van der Waals surface area contributed by atoms with Crippen LogP contribution < -0.4 is 5.32 Å². The number of aromatic nitrogens is 2. The maximum absolute atomic E-state index is 13.4. The number of carbonyl (C=O) groups is 1. The van der Waals surface area contributed by atoms with E-state index < -0.39 is 6.04 Å². The van der Waals surface area contributed by atoms with Crippen molar-refractivity contribution in [1.29, 1.82) is 0 Å². The van der Waals surface area contributed by atoms with E-state index in [0.29, 0.717) is 12.0 Å². The van der Waals surface area contributed by atoms with Crippen molar-refractivity contribution in [3.63, 3.8) is 0 Å². The van der Waals surface area contributed by atoms with Gasteiger partial charge >= 0.3 is 0 Å². The van der Waals surface area contributed by atoms with Gasteiger partial charge in [-0.2, -0.15) is 0 Å². The van der Waals surface area contributed by atoms with Gasteiger partial charge in [0.05, 0.1) is 29.4 Å². The quantitative estimate of drug-likeness (QED) is 0.279. The van der Waals surface area contributed by atoms with E-state index in [4.69, 9.17) is 4.98 Å². The molecule has 2 aromatic heterocycles. The van der Waals surface area contributed by atoms with E-state index in [0.717, 1.165) is 38.6 Å². The summed E-state index contributed by atoms with van der Waals surface area (Å²) in [5.74, 6) is -0.223. The lowest BCUT2D eigenvalue weighted by atomic mass is 10.0. The first-order valence-corrected chi connectivity index (χ1v) is 12.4. The van der Waals surface area contributed by atoms with Crippen molar-refractivity contribution in [3.8, 4) is 11.3 Å². The van der Waals surface area contributed by atoms with E-state index in [-0.39, 0.29) is 12.5 Å². The highest BCUT2D eigenvalue weighted by molar-refractivity contribution is 7.98. The van der Waals surface area contributed by atoms with Crippen LogP contribution in [-0.2, 0) is 6.42 Å². The molecule has 0 saturated heterocycles. The van der Waals surface area contributed by atoms with Crippen molar-refractivity contribution in [1.82, 2.24) is 15.3 Å². The number of fused-ring (bicyclic) bond motifs is 2. The molecule has 0 bridgehead atoms. The van der Waals surface area contributed by atoms with Gasteiger partial charge in [0.15, 0.2) is 0 Å². The Bertz CT molecular complexity index is 1460. The Labute approximate surface area is 202 Å². The molecule has 1 atom stereocenters. The summed E-state index contributed by atoms with van der Waals surface area (Å²) < 4.78 is 0. The number of aliphatic hydroxyl groups is 1. The van der Waals surface area contributed by atoms with E-state index in [9.17, 15) is 9.90 Å². The van der Waals surface area contributed by atoms with Crippen molar-refractivity contribution in [2.24, 2.45) is 0 Å². The number of carbonyl (C=O) groups excluding carboxylic acids is 1. The number of para-hydroxylation sites is 2. The number of amides is 1. The van der Waals surface area contributed by atoms with Gasteiger partial charge in [0.25, 0.3) is 5.91 Å². The maximum atomic E-state index is 13.4. The average molecular weight is 468 g/mol. The molecule has 5 aromatic rings. The van der Waals surface area contributed by atoms with Crippen molar-refractivity contribution >= 4 is 39.5 Å². The average Bonchev–Trinajstić information content (AvgIpc) is 3.30. The fourth-order valence-corrected chi connectivity index (χ4v) is 4.67. The van der Waals surface area contributed by atoms with E-state index in [1.807, 2.05) is 79.2 Å². The molecular weight excluding hydrogens is 442 g/mol. The lowest BCUT2D eigenvalue weighted by Crippen LogP contribution is -2.39. The van der Waals surface area contributed by atoms with Crippen molar-refractivity contribution in [3.05, 3.63) is 96.2 Å². The zero-order valence-electron chi connectivity index (χ0n) is 18.8. The fourth-order valence-electron chi connectivity index (χ4n) is 4.26. The minimum atomic E-state index is -0.414. The monoisotopic (exact) mass is 467 g/mol. The lowest BCUT2D eigenvalue weighted by molar-refractivity contribution is 0.0918. The zero-order chi connectivity index (χ0) is 23.5. The number of pyridine rings is 1. The largest absolute Gasteiger partial charge is 0.394 e. The summed E-state index contributed by atoms with van der Waals surface area (Å²) in [6.45, 7) is -0.155. The van der Waals surface area contributed by atoms with Crippen LogP contribution >= 0.6 is 11.8 Å². The van der Waals surface area contributed by atoms with Crippen LogP contribution in [0.1, 0.15) is 15.9 Å². The molecule has 34 heavy (non-hydrogen) atoms. The predicted octanol–water partition coefficient (Wildman–Crippen LogP) is 5.44. The molecule has 0 radical (unpaired) electrons. The maximum Gasteiger partial charge on any atom is 0.252 e. The molecule has 3 aromatic carbocycles. The van der Waals surface area contributed by atoms with Crippen LogP contribution in [0.25, 0.3) is 33.1 Å². The molecule has 3 N–H and O–H groups in total. The Hall–Kier alpha value is -3.61. The Morgan fingerprint density at radius 2 is 1.76 bits per heavy atom. The first-order chi connectivity index (χ1) is 16.7. The van der Waals surface area contributed by atoms with Crippen LogP contribution in [-0.4, -0.2) is 39.9 Å². The third-order valence-corrected chi connectivity index (χ3v) is 6.79. The van der Waals surface area contributed by atoms with Gasteiger partial charge in [0.1, 0.15) is 0 Å². The second kappa shape index (κ2) is 9.71. The van der Waals surface area contributed by atoms with E-state index in [1.165, 1.54) is 4.90 Å². The minimum absolute atomic E-state index is 0.155. The number of nitrogens with zero attached hydrogens (tertiary/aromatic N) is 1. The normalized spacial score (nSPS) is 12.2. The van der Waals surface area contributed by atoms with Crippen LogP contribution in [0.15, 0.2) is 90.0 Å². The highest BCUT2D eigenvalue weighted by atomic mass is 32.2. The first-order valence-electron chi connectivity index (χ1n) is 11.2. The SMILES string of the molecule is CSc1ccc(-c2cc(C(=O)N[C@@H](CO)Cc3c[nH]c4ccccc34)c3ccccc3n2)cc1. The van der Waals surface area contributed by atoms with Gasteiger partial charge in [-0.05, 0) is 48.6 Å². The summed E-state index contributed by atoms with van der Waals surface area (Å²) >= 11 is 1.68. The van der Waals surface area contributed by atoms with Crippen molar-refractivity contribution < 1.29 is 9.90 Å². The summed E-state index contributed by atoms with van der Waals surface area (Å²) in [6.07, 6.45) is 4.51. The molecule has 0 aliphatic rings. The number of hydrogen-bond donors (Lipinski definition) is 3. The number of aromatic amines is 1. The number of nitrogens with one attached hydrogen (secondary N) is 2. The van der Waals surface area contributed by atoms with Gasteiger partial charge in [-0.3, -0.25) is 4.79 Å².